The van der Waals surface area contributed by atoms with E-state index >= 15 is 0 Å². The summed E-state index contributed by atoms with van der Waals surface area (Å²) in [6, 6.07) is 7.55. The predicted octanol–water partition coefficient (Wildman–Crippen LogP) is 7.12. The number of methoxy groups -OCH3 is 1. The lowest BCUT2D eigenvalue weighted by Crippen LogP contribution is -2.33. The Kier molecular flexibility index (Phi) is 12.3. The van der Waals surface area contributed by atoms with Gasteiger partial charge in [0.15, 0.2) is 12.4 Å². The molecular formula is C28H41ClO5. The fourth-order valence-electron chi connectivity index (χ4n) is 5.04. The quantitative estimate of drug-likeness (QED) is 0.157. The summed E-state index contributed by atoms with van der Waals surface area (Å²) in [7, 11) is 1.43. The Morgan fingerprint density at radius 1 is 1.18 bits per heavy atom. The summed E-state index contributed by atoms with van der Waals surface area (Å²) in [4.78, 5) is 12.1. The average molecular weight is 493 g/mol. The maximum atomic E-state index is 12.1. The zero-order chi connectivity index (χ0) is 24.0. The molecule has 1 aliphatic carbocycles. The molecule has 2 fully saturated rings. The van der Waals surface area contributed by atoms with Gasteiger partial charge in [0, 0.05) is 11.6 Å². The minimum absolute atomic E-state index is 0.264. The molecule has 190 valence electrons. The van der Waals surface area contributed by atoms with Gasteiger partial charge in [0.05, 0.1) is 13.7 Å². The second-order valence-corrected chi connectivity index (χ2v) is 9.90. The second-order valence-electron chi connectivity index (χ2n) is 9.46. The molecular weight excluding hydrogens is 452 g/mol. The van der Waals surface area contributed by atoms with Gasteiger partial charge < -0.3 is 18.9 Å². The van der Waals surface area contributed by atoms with Gasteiger partial charge >= 0.3 is 5.97 Å². The van der Waals surface area contributed by atoms with Crippen molar-refractivity contribution in [1.29, 1.82) is 0 Å². The highest BCUT2D eigenvalue weighted by atomic mass is 35.5. The molecule has 2 unspecified atom stereocenters. The number of rotatable bonds is 14. The third kappa shape index (κ3) is 9.59. The first-order valence-corrected chi connectivity index (χ1v) is 13.4. The van der Waals surface area contributed by atoms with E-state index in [1.807, 2.05) is 24.3 Å². The van der Waals surface area contributed by atoms with E-state index < -0.39 is 6.10 Å². The van der Waals surface area contributed by atoms with Crippen molar-refractivity contribution in [3.8, 4) is 5.75 Å². The van der Waals surface area contributed by atoms with E-state index in [1.54, 1.807) is 0 Å². The first kappa shape index (κ1) is 27.0. The Morgan fingerprint density at radius 3 is 2.88 bits per heavy atom. The maximum Gasteiger partial charge on any atom is 0.335 e. The number of esters is 1. The van der Waals surface area contributed by atoms with E-state index in [1.165, 1.54) is 39.2 Å². The van der Waals surface area contributed by atoms with Gasteiger partial charge in [-0.3, -0.25) is 0 Å². The first-order valence-electron chi connectivity index (χ1n) is 13.1. The minimum Gasteiger partial charge on any atom is -0.493 e. The second kappa shape index (κ2) is 15.4. The van der Waals surface area contributed by atoms with Crippen LogP contribution >= 0.6 is 11.6 Å². The molecule has 34 heavy (non-hydrogen) atoms. The summed E-state index contributed by atoms with van der Waals surface area (Å²) >= 11 is 6.00. The number of allylic oxidation sites excluding steroid dienone is 1. The van der Waals surface area contributed by atoms with E-state index in [4.69, 9.17) is 30.5 Å². The van der Waals surface area contributed by atoms with Crippen LogP contribution in [0.4, 0.5) is 0 Å². The Morgan fingerprint density at radius 2 is 2.09 bits per heavy atom. The zero-order valence-electron chi connectivity index (χ0n) is 20.6. The summed E-state index contributed by atoms with van der Waals surface area (Å²) in [5.41, 5.74) is 0. The molecule has 0 aromatic heterocycles. The Bertz CT molecular complexity index is 746. The van der Waals surface area contributed by atoms with E-state index in [9.17, 15) is 4.79 Å². The third-order valence-corrected chi connectivity index (χ3v) is 7.14. The monoisotopic (exact) mass is 492 g/mol. The summed E-state index contributed by atoms with van der Waals surface area (Å²) in [5.74, 6) is 1.99. The van der Waals surface area contributed by atoms with Crippen LogP contribution in [0.3, 0.4) is 0 Å². The van der Waals surface area contributed by atoms with Crippen LogP contribution in [0.5, 0.6) is 5.75 Å². The minimum atomic E-state index is -0.510. The molecule has 2 aliphatic rings. The number of hydrogen-bond acceptors (Lipinski definition) is 5. The van der Waals surface area contributed by atoms with Crippen molar-refractivity contribution in [2.45, 2.75) is 89.4 Å². The molecule has 1 aliphatic heterocycles. The van der Waals surface area contributed by atoms with Crippen LogP contribution in [0.25, 0.3) is 0 Å². The maximum absolute atomic E-state index is 12.1. The molecule has 1 saturated heterocycles. The van der Waals surface area contributed by atoms with Crippen molar-refractivity contribution in [3.05, 3.63) is 41.4 Å². The molecule has 1 aromatic carbocycles. The van der Waals surface area contributed by atoms with Crippen molar-refractivity contribution < 1.29 is 23.7 Å². The number of carbonyl (C=O) groups is 1. The largest absolute Gasteiger partial charge is 0.493 e. The Balaban J connectivity index is 1.30. The lowest BCUT2D eigenvalue weighted by atomic mass is 9.90. The first-order chi connectivity index (χ1) is 16.7. The topological polar surface area (TPSA) is 54.0 Å². The van der Waals surface area contributed by atoms with Crippen LogP contribution < -0.4 is 4.74 Å². The average Bonchev–Trinajstić information content (AvgIpc) is 3.30. The molecule has 3 rings (SSSR count). The number of carbonyl (C=O) groups excluding carboxylic acids is 1. The molecule has 0 radical (unpaired) electrons. The Labute approximate surface area is 210 Å². The van der Waals surface area contributed by atoms with E-state index in [0.29, 0.717) is 30.6 Å². The van der Waals surface area contributed by atoms with E-state index in [2.05, 4.69) is 12.2 Å². The molecule has 4 atom stereocenters. The fraction of sp³-hybridized carbons (Fsp3) is 0.679. The third-order valence-electron chi connectivity index (χ3n) is 6.91. The normalized spacial score (nSPS) is 23.8. The molecule has 1 saturated carbocycles. The van der Waals surface area contributed by atoms with Crippen molar-refractivity contribution in [2.24, 2.45) is 11.8 Å². The van der Waals surface area contributed by atoms with Gasteiger partial charge in [-0.2, -0.15) is 0 Å². The SMILES string of the molecule is COC(=O)C(CCCCC[C@H]1CCC[C@@H]1C=CCCOc1cccc(Cl)c1)OC1CCCCO1. The number of ether oxygens (including phenoxy) is 4. The van der Waals surface area contributed by atoms with Gasteiger partial charge in [-0.15, -0.1) is 0 Å². The van der Waals surface area contributed by atoms with E-state index in [-0.39, 0.29) is 12.3 Å². The van der Waals surface area contributed by atoms with Gasteiger partial charge in [0.2, 0.25) is 0 Å². The van der Waals surface area contributed by atoms with Gasteiger partial charge in [-0.25, -0.2) is 4.79 Å². The van der Waals surface area contributed by atoms with Crippen molar-refractivity contribution in [2.75, 3.05) is 20.3 Å². The van der Waals surface area contributed by atoms with Crippen molar-refractivity contribution >= 4 is 17.6 Å². The summed E-state index contributed by atoms with van der Waals surface area (Å²) in [6.07, 6.45) is 17.0. The number of benzene rings is 1. The Hall–Kier alpha value is -1.56. The lowest BCUT2D eigenvalue weighted by molar-refractivity contribution is -0.203. The number of hydrogen-bond donors (Lipinski definition) is 0. The number of halogens is 1. The smallest absolute Gasteiger partial charge is 0.335 e. The summed E-state index contributed by atoms with van der Waals surface area (Å²) < 4.78 is 22.3. The van der Waals surface area contributed by atoms with Gasteiger partial charge in [-0.1, -0.05) is 55.5 Å². The van der Waals surface area contributed by atoms with Gasteiger partial charge in [0.1, 0.15) is 5.75 Å². The molecule has 0 N–H and O–H groups in total. The van der Waals surface area contributed by atoms with Crippen LogP contribution in [0.1, 0.15) is 77.0 Å². The van der Waals surface area contributed by atoms with E-state index in [0.717, 1.165) is 50.2 Å². The standard InChI is InChI=1S/C28H41ClO5/c1-31-28(30)26(34-27-18-6-8-20-33-27)17-4-2-3-11-22-13-9-14-23(22)12-5-7-19-32-25-16-10-15-24(29)21-25/h5,10,12,15-16,21-23,26-27H,2-4,6-9,11,13-14,17-20H2,1H3/t22-,23-,26?,27?/m0/s1. The van der Waals surface area contributed by atoms with Crippen LogP contribution in [-0.2, 0) is 19.0 Å². The van der Waals surface area contributed by atoms with Crippen LogP contribution in [0.2, 0.25) is 5.02 Å². The molecule has 1 heterocycles. The van der Waals surface area contributed by atoms with Crippen LogP contribution in [0.15, 0.2) is 36.4 Å². The van der Waals surface area contributed by atoms with Crippen LogP contribution in [0, 0.1) is 11.8 Å². The van der Waals surface area contributed by atoms with Crippen molar-refractivity contribution in [3.63, 3.8) is 0 Å². The molecule has 0 bridgehead atoms. The van der Waals surface area contributed by atoms with Gasteiger partial charge in [-0.05, 0) is 81.4 Å². The highest BCUT2D eigenvalue weighted by Gasteiger charge is 2.27. The van der Waals surface area contributed by atoms with Gasteiger partial charge in [0.25, 0.3) is 0 Å². The molecule has 6 heteroatoms. The highest BCUT2D eigenvalue weighted by molar-refractivity contribution is 6.30. The molecule has 0 spiro atoms. The fourth-order valence-corrected chi connectivity index (χ4v) is 5.22. The number of unbranched alkanes of at least 4 members (excludes halogenated alkanes) is 2. The van der Waals surface area contributed by atoms with Crippen molar-refractivity contribution in [1.82, 2.24) is 0 Å². The molecule has 5 nitrogen and oxygen atoms in total. The highest BCUT2D eigenvalue weighted by Crippen LogP contribution is 2.36. The summed E-state index contributed by atoms with van der Waals surface area (Å²) in [6.45, 7) is 1.38. The summed E-state index contributed by atoms with van der Waals surface area (Å²) in [5, 5.41) is 0.702. The zero-order valence-corrected chi connectivity index (χ0v) is 21.3. The molecule has 0 amide bonds. The lowest BCUT2D eigenvalue weighted by Gasteiger charge is -2.26. The molecule has 1 aromatic rings. The van der Waals surface area contributed by atoms with Crippen LogP contribution in [-0.4, -0.2) is 38.7 Å². The predicted molar refractivity (Wildman–Crippen MR) is 135 cm³/mol.